The molecular formula is C20H34N4O6. The minimum atomic E-state index is -0.580. The van der Waals surface area contributed by atoms with Gasteiger partial charge in [-0.1, -0.05) is 5.16 Å². The molecule has 0 aromatic carbocycles. The van der Waals surface area contributed by atoms with Crippen LogP contribution < -0.4 is 5.32 Å². The van der Waals surface area contributed by atoms with Gasteiger partial charge in [0.1, 0.15) is 6.79 Å². The number of ether oxygens (including phenoxy) is 3. The third kappa shape index (κ3) is 6.31. The minimum Gasteiger partial charge on any atom is -0.384 e. The Morgan fingerprint density at radius 1 is 1.20 bits per heavy atom. The first-order valence-electron chi connectivity index (χ1n) is 10.1. The number of methoxy groups -OCH3 is 2. The van der Waals surface area contributed by atoms with Crippen LogP contribution in [-0.2, 0) is 24.4 Å². The molecule has 1 amide bonds. The van der Waals surface area contributed by atoms with Gasteiger partial charge < -0.3 is 29.0 Å². The van der Waals surface area contributed by atoms with Crippen LogP contribution in [0, 0.1) is 0 Å². The largest absolute Gasteiger partial charge is 0.384 e. The summed E-state index contributed by atoms with van der Waals surface area (Å²) in [6, 6.07) is -0.580. The maximum atomic E-state index is 13.0. The zero-order chi connectivity index (χ0) is 22.4. The Morgan fingerprint density at radius 3 is 2.60 bits per heavy atom. The lowest BCUT2D eigenvalue weighted by Crippen LogP contribution is -2.51. The Morgan fingerprint density at radius 2 is 1.93 bits per heavy atom. The van der Waals surface area contributed by atoms with Gasteiger partial charge in [-0.2, -0.15) is 4.98 Å². The first-order valence-corrected chi connectivity index (χ1v) is 10.1. The van der Waals surface area contributed by atoms with E-state index in [0.29, 0.717) is 32.1 Å². The van der Waals surface area contributed by atoms with Gasteiger partial charge in [0.2, 0.25) is 23.4 Å². The molecule has 170 valence electrons. The first kappa shape index (κ1) is 24.4. The van der Waals surface area contributed by atoms with Crippen molar-refractivity contribution in [2.24, 2.45) is 0 Å². The lowest BCUT2D eigenvalue weighted by Gasteiger charge is -2.28. The van der Waals surface area contributed by atoms with E-state index in [9.17, 15) is 9.59 Å². The fraction of sp³-hybridized carbons (Fsp3) is 0.800. The predicted octanol–water partition coefficient (Wildman–Crippen LogP) is 1.16. The predicted molar refractivity (Wildman–Crippen MR) is 108 cm³/mol. The molecule has 0 spiro atoms. The number of likely N-dealkylation sites (tertiary alicyclic amines) is 1. The fourth-order valence-corrected chi connectivity index (χ4v) is 3.36. The van der Waals surface area contributed by atoms with Gasteiger partial charge in [0.05, 0.1) is 31.2 Å². The zero-order valence-corrected chi connectivity index (χ0v) is 18.8. The molecule has 1 aromatic rings. The number of hydrogen-bond donors (Lipinski definition) is 1. The Kier molecular flexibility index (Phi) is 8.48. The molecule has 1 unspecified atom stereocenters. The van der Waals surface area contributed by atoms with Crippen molar-refractivity contribution in [3.8, 4) is 0 Å². The van der Waals surface area contributed by atoms with E-state index in [0.717, 1.165) is 6.42 Å². The standard InChI is InChI=1S/C20H34N4O6/c1-19(2,11-27-5)18-22-17(23-30-18)16(26)14-8-7-9-24(14)15(25)10-21-20(3,4)12-29-13-28-6/h14,21H,7-13H2,1-6H3. The molecular weight excluding hydrogens is 392 g/mol. The molecule has 0 radical (unpaired) electrons. The second-order valence-corrected chi connectivity index (χ2v) is 8.84. The van der Waals surface area contributed by atoms with Crippen LogP contribution in [0.4, 0.5) is 0 Å². The van der Waals surface area contributed by atoms with Crippen LogP contribution in [0.3, 0.4) is 0 Å². The average Bonchev–Trinajstić information content (AvgIpc) is 3.36. The summed E-state index contributed by atoms with van der Waals surface area (Å²) in [5.74, 6) is -0.107. The number of carbonyl (C=O) groups excluding carboxylic acids is 2. The monoisotopic (exact) mass is 426 g/mol. The minimum absolute atomic E-state index is 0.000123. The van der Waals surface area contributed by atoms with E-state index in [4.69, 9.17) is 18.7 Å². The summed E-state index contributed by atoms with van der Waals surface area (Å²) in [5, 5.41) is 7.04. The van der Waals surface area contributed by atoms with Crippen molar-refractivity contribution in [3.63, 3.8) is 0 Å². The van der Waals surface area contributed by atoms with Crippen molar-refractivity contribution in [2.75, 3.05) is 47.3 Å². The summed E-state index contributed by atoms with van der Waals surface area (Å²) in [6.07, 6.45) is 1.33. The SMILES string of the molecule is COCOCC(C)(C)NCC(=O)N1CCCC1C(=O)c1noc(C(C)(C)COC)n1. The van der Waals surface area contributed by atoms with Crippen molar-refractivity contribution in [1.82, 2.24) is 20.4 Å². The second kappa shape index (κ2) is 10.4. The number of nitrogens with zero attached hydrogens (tertiary/aromatic N) is 3. The molecule has 10 heteroatoms. The molecule has 0 aliphatic carbocycles. The maximum absolute atomic E-state index is 13.0. The number of amides is 1. The Bertz CT molecular complexity index is 718. The molecule has 30 heavy (non-hydrogen) atoms. The van der Waals surface area contributed by atoms with Crippen LogP contribution in [0.15, 0.2) is 4.52 Å². The van der Waals surface area contributed by atoms with E-state index in [1.807, 2.05) is 27.7 Å². The van der Waals surface area contributed by atoms with Gasteiger partial charge in [-0.15, -0.1) is 0 Å². The van der Waals surface area contributed by atoms with Crippen LogP contribution in [0.1, 0.15) is 57.0 Å². The summed E-state index contributed by atoms with van der Waals surface area (Å²) in [7, 11) is 3.14. The summed E-state index contributed by atoms with van der Waals surface area (Å²) in [6.45, 7) is 9.25. The van der Waals surface area contributed by atoms with Crippen molar-refractivity contribution in [2.45, 2.75) is 57.5 Å². The number of hydrogen-bond acceptors (Lipinski definition) is 9. The van der Waals surface area contributed by atoms with E-state index in [-0.39, 0.29) is 30.9 Å². The third-order valence-corrected chi connectivity index (χ3v) is 4.99. The van der Waals surface area contributed by atoms with E-state index < -0.39 is 17.0 Å². The number of carbonyl (C=O) groups is 2. The van der Waals surface area contributed by atoms with Gasteiger partial charge in [-0.05, 0) is 40.5 Å². The van der Waals surface area contributed by atoms with Crippen LogP contribution in [0.2, 0.25) is 0 Å². The molecule has 1 aliphatic heterocycles. The van der Waals surface area contributed by atoms with Gasteiger partial charge in [-0.3, -0.25) is 9.59 Å². The lowest BCUT2D eigenvalue weighted by atomic mass is 9.95. The average molecular weight is 427 g/mol. The normalized spacial score (nSPS) is 17.5. The van der Waals surface area contributed by atoms with Crippen LogP contribution in [0.25, 0.3) is 0 Å². The van der Waals surface area contributed by atoms with E-state index in [2.05, 4.69) is 15.5 Å². The summed E-state index contributed by atoms with van der Waals surface area (Å²) >= 11 is 0. The van der Waals surface area contributed by atoms with Crippen molar-refractivity contribution >= 4 is 11.7 Å². The highest BCUT2D eigenvalue weighted by atomic mass is 16.7. The van der Waals surface area contributed by atoms with Crippen molar-refractivity contribution < 1.29 is 28.3 Å². The summed E-state index contributed by atoms with van der Waals surface area (Å²) in [5.41, 5.74) is -0.922. The summed E-state index contributed by atoms with van der Waals surface area (Å²) in [4.78, 5) is 31.6. The van der Waals surface area contributed by atoms with Crippen molar-refractivity contribution in [3.05, 3.63) is 11.7 Å². The van der Waals surface area contributed by atoms with E-state index >= 15 is 0 Å². The molecule has 10 nitrogen and oxygen atoms in total. The Hall–Kier alpha value is -1.88. The van der Waals surface area contributed by atoms with Gasteiger partial charge >= 0.3 is 0 Å². The smallest absolute Gasteiger partial charge is 0.240 e. The molecule has 1 aliphatic rings. The van der Waals surface area contributed by atoms with Gasteiger partial charge in [0.25, 0.3) is 0 Å². The van der Waals surface area contributed by atoms with Gasteiger partial charge in [0, 0.05) is 26.3 Å². The maximum Gasteiger partial charge on any atom is 0.240 e. The molecule has 2 heterocycles. The number of rotatable bonds is 12. The molecule has 0 saturated carbocycles. The summed E-state index contributed by atoms with van der Waals surface area (Å²) < 4.78 is 20.7. The molecule has 1 N–H and O–H groups in total. The topological polar surface area (TPSA) is 116 Å². The van der Waals surface area contributed by atoms with Gasteiger partial charge in [0.15, 0.2) is 0 Å². The highest BCUT2D eigenvalue weighted by Crippen LogP contribution is 2.24. The van der Waals surface area contributed by atoms with Crippen LogP contribution in [-0.4, -0.2) is 85.6 Å². The molecule has 1 saturated heterocycles. The van der Waals surface area contributed by atoms with Gasteiger partial charge in [-0.25, -0.2) is 0 Å². The lowest BCUT2D eigenvalue weighted by molar-refractivity contribution is -0.131. The van der Waals surface area contributed by atoms with Crippen LogP contribution >= 0.6 is 0 Å². The molecule has 1 fully saturated rings. The fourth-order valence-electron chi connectivity index (χ4n) is 3.36. The van der Waals surface area contributed by atoms with Crippen molar-refractivity contribution in [1.29, 1.82) is 0 Å². The Balaban J connectivity index is 1.99. The number of ketones is 1. The number of nitrogens with one attached hydrogen (secondary N) is 1. The second-order valence-electron chi connectivity index (χ2n) is 8.84. The molecule has 0 bridgehead atoms. The molecule has 1 atom stereocenters. The highest BCUT2D eigenvalue weighted by molar-refractivity contribution is 5.99. The zero-order valence-electron chi connectivity index (χ0n) is 18.8. The molecule has 1 aromatic heterocycles. The first-order chi connectivity index (χ1) is 14.1. The Labute approximate surface area is 177 Å². The quantitative estimate of drug-likeness (QED) is 0.298. The van der Waals surface area contributed by atoms with E-state index in [1.165, 1.54) is 0 Å². The number of Topliss-reactive ketones (excluding diaryl/α,β-unsaturated/α-hetero) is 1. The highest BCUT2D eigenvalue weighted by Gasteiger charge is 2.38. The molecule has 2 rings (SSSR count). The van der Waals surface area contributed by atoms with Crippen LogP contribution in [0.5, 0.6) is 0 Å². The number of aromatic nitrogens is 2. The van der Waals surface area contributed by atoms with E-state index in [1.54, 1.807) is 19.1 Å². The third-order valence-electron chi connectivity index (χ3n) is 4.99.